The van der Waals surface area contributed by atoms with Gasteiger partial charge in [0.25, 0.3) is 0 Å². The minimum Gasteiger partial charge on any atom is -0.317 e. The van der Waals surface area contributed by atoms with E-state index in [1.807, 2.05) is 0 Å². The van der Waals surface area contributed by atoms with Crippen LogP contribution >= 0.6 is 0 Å². The molecule has 2 nitrogen and oxygen atoms in total. The summed E-state index contributed by atoms with van der Waals surface area (Å²) in [5, 5.41) is 3.37. The molecule has 1 heterocycles. The van der Waals surface area contributed by atoms with Crippen molar-refractivity contribution in [2.45, 2.75) is 38.8 Å². The van der Waals surface area contributed by atoms with Gasteiger partial charge in [0.05, 0.1) is 6.04 Å². The number of hydrogen-bond donors (Lipinski definition) is 1. The molecule has 0 amide bonds. The Morgan fingerprint density at radius 3 is 2.79 bits per heavy atom. The van der Waals surface area contributed by atoms with E-state index < -0.39 is 0 Å². The zero-order chi connectivity index (χ0) is 10.6. The largest absolute Gasteiger partial charge is 0.317 e. The first-order chi connectivity index (χ1) is 6.72. The molecule has 14 heavy (non-hydrogen) atoms. The molecule has 80 valence electrons. The van der Waals surface area contributed by atoms with Crippen LogP contribution in [-0.2, 0) is 0 Å². The van der Waals surface area contributed by atoms with Crippen LogP contribution in [0.25, 0.3) is 0 Å². The molecular weight excluding hydrogens is 172 g/mol. The van der Waals surface area contributed by atoms with Crippen molar-refractivity contribution in [3.63, 3.8) is 0 Å². The van der Waals surface area contributed by atoms with Crippen LogP contribution < -0.4 is 5.32 Å². The lowest BCUT2D eigenvalue weighted by Gasteiger charge is -2.39. The van der Waals surface area contributed by atoms with Gasteiger partial charge in [-0.2, -0.15) is 0 Å². The Labute approximate surface area is 88.1 Å². The first kappa shape index (κ1) is 11.6. The molecule has 0 aromatic carbocycles. The van der Waals surface area contributed by atoms with Crippen molar-refractivity contribution in [1.82, 2.24) is 10.2 Å². The summed E-state index contributed by atoms with van der Waals surface area (Å²) in [5.41, 5.74) is 0. The summed E-state index contributed by atoms with van der Waals surface area (Å²) in [6.45, 7) is 6.74. The highest BCUT2D eigenvalue weighted by atomic mass is 15.2. The van der Waals surface area contributed by atoms with Crippen molar-refractivity contribution in [3.8, 4) is 12.3 Å². The van der Waals surface area contributed by atoms with Gasteiger partial charge in [0.15, 0.2) is 0 Å². The molecule has 1 fully saturated rings. The molecule has 2 heteroatoms. The maximum atomic E-state index is 5.52. The maximum Gasteiger partial charge on any atom is 0.0709 e. The van der Waals surface area contributed by atoms with E-state index in [9.17, 15) is 0 Å². The van der Waals surface area contributed by atoms with E-state index in [0.717, 1.165) is 19.5 Å². The van der Waals surface area contributed by atoms with E-state index in [1.165, 1.54) is 6.42 Å². The molecule has 0 aromatic heterocycles. The third-order valence-electron chi connectivity index (χ3n) is 3.33. The molecular formula is C12H22N2. The molecule has 1 saturated heterocycles. The van der Waals surface area contributed by atoms with Crippen molar-refractivity contribution in [1.29, 1.82) is 0 Å². The van der Waals surface area contributed by atoms with Gasteiger partial charge in [-0.3, -0.25) is 4.90 Å². The fraction of sp³-hybridized carbons (Fsp3) is 0.833. The third-order valence-corrected chi connectivity index (χ3v) is 3.33. The number of likely N-dealkylation sites (tertiary alicyclic amines) is 1. The molecule has 0 aromatic rings. The SMILES string of the molecule is C#CC(CC)N1CCC(NC)C(C)C1. The first-order valence-electron chi connectivity index (χ1n) is 5.60. The quantitative estimate of drug-likeness (QED) is 0.682. The zero-order valence-corrected chi connectivity index (χ0v) is 9.59. The second-order valence-electron chi connectivity index (χ2n) is 4.25. The standard InChI is InChI=1S/C12H22N2/c1-5-11(6-2)14-8-7-12(13-4)10(3)9-14/h1,10-13H,6-9H2,2-4H3. The molecule has 1 rings (SSSR count). The van der Waals surface area contributed by atoms with E-state index in [4.69, 9.17) is 6.42 Å². The summed E-state index contributed by atoms with van der Waals surface area (Å²) >= 11 is 0. The first-order valence-corrected chi connectivity index (χ1v) is 5.60. The van der Waals surface area contributed by atoms with Gasteiger partial charge < -0.3 is 5.32 Å². The van der Waals surface area contributed by atoms with Crippen molar-refractivity contribution in [2.75, 3.05) is 20.1 Å². The summed E-state index contributed by atoms with van der Waals surface area (Å²) in [5.74, 6) is 3.59. The summed E-state index contributed by atoms with van der Waals surface area (Å²) in [4.78, 5) is 2.44. The summed E-state index contributed by atoms with van der Waals surface area (Å²) in [7, 11) is 2.05. The Hall–Kier alpha value is -0.520. The number of terminal acetylenes is 1. The van der Waals surface area contributed by atoms with Gasteiger partial charge in [-0.25, -0.2) is 0 Å². The molecule has 0 saturated carbocycles. The van der Waals surface area contributed by atoms with Crippen LogP contribution in [0.1, 0.15) is 26.7 Å². The molecule has 3 atom stereocenters. The zero-order valence-electron chi connectivity index (χ0n) is 9.59. The monoisotopic (exact) mass is 194 g/mol. The average molecular weight is 194 g/mol. The fourth-order valence-electron chi connectivity index (χ4n) is 2.37. The minimum atomic E-state index is 0.343. The highest BCUT2D eigenvalue weighted by molar-refractivity contribution is 5.01. The van der Waals surface area contributed by atoms with Crippen LogP contribution in [0.2, 0.25) is 0 Å². The molecule has 0 bridgehead atoms. The van der Waals surface area contributed by atoms with Gasteiger partial charge in [0.2, 0.25) is 0 Å². The maximum absolute atomic E-state index is 5.52. The van der Waals surface area contributed by atoms with Crippen molar-refractivity contribution < 1.29 is 0 Å². The van der Waals surface area contributed by atoms with E-state index in [-0.39, 0.29) is 0 Å². The Kier molecular flexibility index (Phi) is 4.44. The second kappa shape index (κ2) is 5.38. The number of piperidine rings is 1. The summed E-state index contributed by atoms with van der Waals surface area (Å²) in [6.07, 6.45) is 7.80. The lowest BCUT2D eigenvalue weighted by Crippen LogP contribution is -2.50. The number of nitrogens with one attached hydrogen (secondary N) is 1. The summed E-state index contributed by atoms with van der Waals surface area (Å²) in [6, 6.07) is 1.01. The fourth-order valence-corrected chi connectivity index (χ4v) is 2.37. The van der Waals surface area contributed by atoms with Crippen LogP contribution in [0.4, 0.5) is 0 Å². The third kappa shape index (κ3) is 2.50. The Morgan fingerprint density at radius 2 is 2.36 bits per heavy atom. The second-order valence-corrected chi connectivity index (χ2v) is 4.25. The van der Waals surface area contributed by atoms with Crippen molar-refractivity contribution in [3.05, 3.63) is 0 Å². The number of hydrogen-bond acceptors (Lipinski definition) is 2. The lowest BCUT2D eigenvalue weighted by atomic mass is 9.92. The number of nitrogens with zero attached hydrogens (tertiary/aromatic N) is 1. The Bertz CT molecular complexity index is 207. The van der Waals surface area contributed by atoms with Crippen LogP contribution in [-0.4, -0.2) is 37.1 Å². The molecule has 0 spiro atoms. The normalized spacial score (nSPS) is 31.0. The highest BCUT2D eigenvalue weighted by Gasteiger charge is 2.27. The molecule has 0 aliphatic carbocycles. The molecule has 1 aliphatic heterocycles. The van der Waals surface area contributed by atoms with Crippen LogP contribution in [0.3, 0.4) is 0 Å². The van der Waals surface area contributed by atoms with E-state index in [2.05, 4.69) is 37.0 Å². The molecule has 1 N–H and O–H groups in total. The molecule has 3 unspecified atom stereocenters. The van der Waals surface area contributed by atoms with Gasteiger partial charge in [-0.15, -0.1) is 6.42 Å². The van der Waals surface area contributed by atoms with Crippen molar-refractivity contribution >= 4 is 0 Å². The predicted octanol–water partition coefficient (Wildman–Crippen LogP) is 1.33. The smallest absolute Gasteiger partial charge is 0.0709 e. The average Bonchev–Trinajstić information content (AvgIpc) is 2.20. The Morgan fingerprint density at radius 1 is 1.64 bits per heavy atom. The lowest BCUT2D eigenvalue weighted by molar-refractivity contribution is 0.127. The summed E-state index contributed by atoms with van der Waals surface area (Å²) < 4.78 is 0. The van der Waals surface area contributed by atoms with Gasteiger partial charge in [0, 0.05) is 19.1 Å². The Balaban J connectivity index is 2.50. The number of rotatable bonds is 3. The minimum absolute atomic E-state index is 0.343. The van der Waals surface area contributed by atoms with Gasteiger partial charge in [-0.05, 0) is 25.8 Å². The van der Waals surface area contributed by atoms with Gasteiger partial charge in [0.1, 0.15) is 0 Å². The highest BCUT2D eigenvalue weighted by Crippen LogP contribution is 2.19. The predicted molar refractivity (Wildman–Crippen MR) is 61.1 cm³/mol. The van der Waals surface area contributed by atoms with Crippen LogP contribution in [0.15, 0.2) is 0 Å². The van der Waals surface area contributed by atoms with E-state index in [0.29, 0.717) is 18.0 Å². The van der Waals surface area contributed by atoms with E-state index in [1.54, 1.807) is 0 Å². The molecule has 1 aliphatic rings. The topological polar surface area (TPSA) is 15.3 Å². The van der Waals surface area contributed by atoms with Crippen molar-refractivity contribution in [2.24, 2.45) is 5.92 Å². The van der Waals surface area contributed by atoms with Crippen LogP contribution in [0.5, 0.6) is 0 Å². The van der Waals surface area contributed by atoms with Gasteiger partial charge >= 0.3 is 0 Å². The van der Waals surface area contributed by atoms with Gasteiger partial charge in [-0.1, -0.05) is 19.8 Å². The van der Waals surface area contributed by atoms with Crippen LogP contribution in [0, 0.1) is 18.3 Å². The molecule has 0 radical (unpaired) electrons. The van der Waals surface area contributed by atoms with E-state index >= 15 is 0 Å².